The van der Waals surface area contributed by atoms with Crippen molar-refractivity contribution in [1.29, 1.82) is 0 Å². The Kier molecular flexibility index (Phi) is 2.89. The average Bonchev–Trinajstić information content (AvgIpc) is 2.67. The zero-order valence-corrected chi connectivity index (χ0v) is 11.9. The van der Waals surface area contributed by atoms with E-state index in [2.05, 4.69) is 18.8 Å². The highest BCUT2D eigenvalue weighted by atomic mass is 16.6. The van der Waals surface area contributed by atoms with Crippen LogP contribution in [0.2, 0.25) is 0 Å². The Morgan fingerprint density at radius 2 is 1.90 bits per heavy atom. The van der Waals surface area contributed by atoms with E-state index in [1.165, 1.54) is 0 Å². The predicted molar refractivity (Wildman–Crippen MR) is 75.2 cm³/mol. The average molecular weight is 271 g/mol. The van der Waals surface area contributed by atoms with Crippen molar-refractivity contribution in [2.75, 3.05) is 0 Å². The van der Waals surface area contributed by atoms with Crippen LogP contribution < -0.4 is 10.3 Å². The van der Waals surface area contributed by atoms with Crippen LogP contribution >= 0.6 is 0 Å². The summed E-state index contributed by atoms with van der Waals surface area (Å²) in [5, 5.41) is 0. The van der Waals surface area contributed by atoms with E-state index >= 15 is 0 Å². The van der Waals surface area contributed by atoms with Crippen molar-refractivity contribution >= 4 is 0 Å². The number of aromatic nitrogens is 1. The lowest BCUT2D eigenvalue weighted by Crippen LogP contribution is -2.15. The Morgan fingerprint density at radius 3 is 2.60 bits per heavy atom. The molecule has 0 atom stereocenters. The maximum Gasteiger partial charge on any atom is 0.402 e. The number of benzene rings is 1. The largest absolute Gasteiger partial charge is 0.415 e. The molecule has 0 fully saturated rings. The molecule has 1 heterocycles. The topological polar surface area (TPSA) is 52.3 Å². The summed E-state index contributed by atoms with van der Waals surface area (Å²) in [4.78, 5) is 15.9. The molecule has 0 amide bonds. The first-order valence-corrected chi connectivity index (χ1v) is 6.70. The molecule has 1 aliphatic carbocycles. The lowest BCUT2D eigenvalue weighted by molar-refractivity contribution is 0.289. The van der Waals surface area contributed by atoms with Crippen molar-refractivity contribution < 1.29 is 9.15 Å². The smallest absolute Gasteiger partial charge is 0.402 e. The van der Waals surface area contributed by atoms with Crippen LogP contribution in [0.1, 0.15) is 30.7 Å². The highest BCUT2D eigenvalue weighted by Crippen LogP contribution is 2.35. The summed E-state index contributed by atoms with van der Waals surface area (Å²) in [6.45, 7) is 6.23. The Labute approximate surface area is 117 Å². The SMILES string of the molecule is Cc1ccc(Oc2nc(=O)c3c(o2)CC(C)(C)C3)cc1. The molecule has 0 radical (unpaired) electrons. The molecule has 0 N–H and O–H groups in total. The summed E-state index contributed by atoms with van der Waals surface area (Å²) in [6, 6.07) is 7.52. The molecular weight excluding hydrogens is 254 g/mol. The zero-order valence-electron chi connectivity index (χ0n) is 11.9. The van der Waals surface area contributed by atoms with E-state index in [4.69, 9.17) is 9.15 Å². The lowest BCUT2D eigenvalue weighted by atomic mass is 9.91. The van der Waals surface area contributed by atoms with E-state index in [0.29, 0.717) is 23.5 Å². The van der Waals surface area contributed by atoms with Crippen LogP contribution in [0.3, 0.4) is 0 Å². The van der Waals surface area contributed by atoms with Crippen molar-refractivity contribution in [2.24, 2.45) is 5.41 Å². The number of nitrogens with zero attached hydrogens (tertiary/aromatic N) is 1. The third-order valence-electron chi connectivity index (χ3n) is 3.52. The van der Waals surface area contributed by atoms with Crippen LogP contribution in [-0.4, -0.2) is 4.98 Å². The van der Waals surface area contributed by atoms with Gasteiger partial charge in [-0.3, -0.25) is 4.79 Å². The highest BCUT2D eigenvalue weighted by molar-refractivity contribution is 5.29. The van der Waals surface area contributed by atoms with Crippen molar-refractivity contribution in [1.82, 2.24) is 4.98 Å². The maximum atomic E-state index is 12.0. The number of rotatable bonds is 2. The molecule has 0 saturated carbocycles. The third-order valence-corrected chi connectivity index (χ3v) is 3.52. The number of aryl methyl sites for hydroxylation is 1. The van der Waals surface area contributed by atoms with Gasteiger partial charge in [0.05, 0.1) is 5.56 Å². The molecule has 1 aliphatic rings. The minimum atomic E-state index is -0.237. The van der Waals surface area contributed by atoms with Gasteiger partial charge in [0.2, 0.25) is 0 Å². The minimum absolute atomic E-state index is 0.0234. The van der Waals surface area contributed by atoms with Crippen LogP contribution in [0.4, 0.5) is 0 Å². The third kappa shape index (κ3) is 2.46. The molecular formula is C16H17NO3. The van der Waals surface area contributed by atoms with Crippen LogP contribution in [0.5, 0.6) is 11.8 Å². The van der Waals surface area contributed by atoms with Gasteiger partial charge in [-0.2, -0.15) is 0 Å². The number of ether oxygens (including phenoxy) is 1. The summed E-state index contributed by atoms with van der Waals surface area (Å²) < 4.78 is 11.2. The van der Waals surface area contributed by atoms with Gasteiger partial charge in [0.1, 0.15) is 11.5 Å². The van der Waals surface area contributed by atoms with Gasteiger partial charge < -0.3 is 9.15 Å². The summed E-state index contributed by atoms with van der Waals surface area (Å²) >= 11 is 0. The molecule has 0 bridgehead atoms. The van der Waals surface area contributed by atoms with Gasteiger partial charge in [-0.05, 0) is 30.9 Å². The molecule has 3 rings (SSSR count). The number of hydrogen-bond acceptors (Lipinski definition) is 4. The van der Waals surface area contributed by atoms with Crippen molar-refractivity contribution in [3.05, 3.63) is 51.5 Å². The van der Waals surface area contributed by atoms with E-state index in [0.717, 1.165) is 12.0 Å². The summed E-state index contributed by atoms with van der Waals surface area (Å²) in [7, 11) is 0. The summed E-state index contributed by atoms with van der Waals surface area (Å²) in [5.74, 6) is 1.32. The normalized spacial score (nSPS) is 15.9. The molecule has 0 aliphatic heterocycles. The van der Waals surface area contributed by atoms with Gasteiger partial charge in [-0.25, -0.2) is 0 Å². The minimum Gasteiger partial charge on any atom is -0.415 e. The van der Waals surface area contributed by atoms with Crippen LogP contribution in [0, 0.1) is 12.3 Å². The Bertz CT molecular complexity index is 699. The molecule has 0 spiro atoms. The second-order valence-corrected chi connectivity index (χ2v) is 6.12. The Morgan fingerprint density at radius 1 is 1.20 bits per heavy atom. The van der Waals surface area contributed by atoms with Gasteiger partial charge in [-0.15, -0.1) is 4.98 Å². The Hall–Kier alpha value is -2.10. The second kappa shape index (κ2) is 4.47. The fraction of sp³-hybridized carbons (Fsp3) is 0.375. The van der Waals surface area contributed by atoms with Crippen LogP contribution in [0.15, 0.2) is 33.5 Å². The predicted octanol–water partition coefficient (Wildman–Crippen LogP) is 3.26. The van der Waals surface area contributed by atoms with Crippen molar-refractivity contribution in [3.8, 4) is 11.8 Å². The lowest BCUT2D eigenvalue weighted by Gasteiger charge is -2.13. The molecule has 4 nitrogen and oxygen atoms in total. The van der Waals surface area contributed by atoms with Crippen molar-refractivity contribution in [3.63, 3.8) is 0 Å². The molecule has 20 heavy (non-hydrogen) atoms. The molecule has 1 aromatic heterocycles. The molecule has 0 saturated heterocycles. The van der Waals surface area contributed by atoms with Gasteiger partial charge in [0.15, 0.2) is 0 Å². The van der Waals surface area contributed by atoms with E-state index in [9.17, 15) is 4.79 Å². The first kappa shape index (κ1) is 12.9. The number of fused-ring (bicyclic) bond motifs is 1. The molecule has 0 unspecified atom stereocenters. The first-order chi connectivity index (χ1) is 9.43. The van der Waals surface area contributed by atoms with Gasteiger partial charge >= 0.3 is 6.08 Å². The second-order valence-electron chi connectivity index (χ2n) is 6.12. The van der Waals surface area contributed by atoms with Gasteiger partial charge in [0, 0.05) is 6.42 Å². The molecule has 2 aromatic rings. The quantitative estimate of drug-likeness (QED) is 0.841. The molecule has 4 heteroatoms. The fourth-order valence-electron chi connectivity index (χ4n) is 2.50. The van der Waals surface area contributed by atoms with E-state index in [1.807, 2.05) is 31.2 Å². The summed E-state index contributed by atoms with van der Waals surface area (Å²) in [5.41, 5.74) is 1.64. The standard InChI is InChI=1S/C16H17NO3/c1-10-4-6-11(7-5-10)19-15-17-14(18)12-8-16(2,3)9-13(12)20-15/h4-7H,8-9H2,1-3H3. The van der Waals surface area contributed by atoms with E-state index in [-0.39, 0.29) is 17.1 Å². The molecule has 104 valence electrons. The summed E-state index contributed by atoms with van der Waals surface area (Å²) in [6.07, 6.45) is 1.47. The fourth-order valence-corrected chi connectivity index (χ4v) is 2.50. The van der Waals surface area contributed by atoms with Crippen LogP contribution in [-0.2, 0) is 12.8 Å². The Balaban J connectivity index is 1.92. The van der Waals surface area contributed by atoms with Gasteiger partial charge in [0.25, 0.3) is 5.56 Å². The molecule has 1 aromatic carbocycles. The van der Waals surface area contributed by atoms with Gasteiger partial charge in [-0.1, -0.05) is 31.5 Å². The van der Waals surface area contributed by atoms with E-state index < -0.39 is 0 Å². The van der Waals surface area contributed by atoms with Crippen molar-refractivity contribution in [2.45, 2.75) is 33.6 Å². The maximum absolute atomic E-state index is 12.0. The monoisotopic (exact) mass is 271 g/mol. The van der Waals surface area contributed by atoms with E-state index in [1.54, 1.807) is 0 Å². The highest BCUT2D eigenvalue weighted by Gasteiger charge is 2.33. The van der Waals surface area contributed by atoms with Crippen LogP contribution in [0.25, 0.3) is 0 Å². The first-order valence-electron chi connectivity index (χ1n) is 6.70. The number of hydrogen-bond donors (Lipinski definition) is 0. The zero-order chi connectivity index (χ0) is 14.3.